The molecule has 28 heavy (non-hydrogen) atoms. The number of carbonyl (C=O) groups is 2. The first-order valence-electron chi connectivity index (χ1n) is 7.65. The number of methoxy groups -OCH3 is 1. The summed E-state index contributed by atoms with van der Waals surface area (Å²) >= 11 is 0. The van der Waals surface area contributed by atoms with Gasteiger partial charge in [-0.1, -0.05) is 30.3 Å². The van der Waals surface area contributed by atoms with Crippen molar-refractivity contribution < 1.29 is 29.3 Å². The van der Waals surface area contributed by atoms with Crippen molar-refractivity contribution in [1.82, 2.24) is 5.32 Å². The lowest BCUT2D eigenvalue weighted by molar-refractivity contribution is -0.394. The maximum atomic E-state index is 12.4. The summed E-state index contributed by atoms with van der Waals surface area (Å²) in [6.45, 7) is 0. The van der Waals surface area contributed by atoms with E-state index in [1.165, 1.54) is 0 Å². The number of nitrogens with one attached hydrogen (secondary N) is 1. The Kier molecular flexibility index (Phi) is 8.18. The zero-order valence-corrected chi connectivity index (χ0v) is 14.9. The fourth-order valence-electron chi connectivity index (χ4n) is 2.19. The predicted octanol–water partition coefficient (Wildman–Crippen LogP) is 1.76. The zero-order chi connectivity index (χ0) is 21.3. The molecule has 2 N–H and O–H groups in total. The monoisotopic (exact) mass is 391 g/mol. The molecule has 2 aromatic rings. The molecule has 11 nitrogen and oxygen atoms in total. The molecule has 0 aliphatic rings. The van der Waals surface area contributed by atoms with Crippen molar-refractivity contribution in [3.8, 4) is 0 Å². The number of esters is 1. The van der Waals surface area contributed by atoms with E-state index in [1.54, 1.807) is 30.3 Å². The van der Waals surface area contributed by atoms with Crippen molar-refractivity contribution in [3.05, 3.63) is 79.9 Å². The topological polar surface area (TPSA) is 162 Å². The molecule has 0 aromatic heterocycles. The van der Waals surface area contributed by atoms with Crippen LogP contribution in [-0.4, -0.2) is 41.0 Å². The van der Waals surface area contributed by atoms with Gasteiger partial charge in [0.15, 0.2) is 6.04 Å². The van der Waals surface area contributed by atoms with E-state index in [1.807, 2.05) is 0 Å². The van der Waals surface area contributed by atoms with Crippen LogP contribution in [0.25, 0.3) is 0 Å². The van der Waals surface area contributed by atoms with Gasteiger partial charge in [0.2, 0.25) is 0 Å². The number of hydrogen-bond acceptors (Lipinski definition) is 8. The van der Waals surface area contributed by atoms with Crippen molar-refractivity contribution in [2.75, 3.05) is 14.2 Å². The van der Waals surface area contributed by atoms with Gasteiger partial charge in [0.25, 0.3) is 17.3 Å². The molecule has 0 unspecified atom stereocenters. The van der Waals surface area contributed by atoms with E-state index in [9.17, 15) is 29.8 Å². The minimum absolute atomic E-state index is 0.323. The molecule has 0 fully saturated rings. The van der Waals surface area contributed by atoms with Gasteiger partial charge in [0.05, 0.1) is 28.6 Å². The number of benzene rings is 2. The number of hydrogen-bond donors (Lipinski definition) is 2. The van der Waals surface area contributed by atoms with Gasteiger partial charge in [-0.05, 0) is 5.56 Å². The van der Waals surface area contributed by atoms with Crippen LogP contribution in [0.5, 0.6) is 0 Å². The summed E-state index contributed by atoms with van der Waals surface area (Å²) in [7, 11) is 2.14. The van der Waals surface area contributed by atoms with Crippen LogP contribution in [0.2, 0.25) is 0 Å². The highest BCUT2D eigenvalue weighted by Crippen LogP contribution is 2.23. The molecular formula is C17H17N3O8. The number of nitro benzene ring substituents is 2. The Morgan fingerprint density at radius 2 is 1.50 bits per heavy atom. The maximum Gasteiger partial charge on any atom is 0.333 e. The van der Waals surface area contributed by atoms with Crippen molar-refractivity contribution >= 4 is 23.3 Å². The number of aliphatic hydroxyl groups excluding tert-OH is 1. The van der Waals surface area contributed by atoms with E-state index in [4.69, 9.17) is 5.11 Å². The minimum atomic E-state index is -1.17. The second-order valence-electron chi connectivity index (χ2n) is 5.09. The Morgan fingerprint density at radius 3 is 1.93 bits per heavy atom. The molecule has 148 valence electrons. The fraction of sp³-hybridized carbons (Fsp3) is 0.176. The highest BCUT2D eigenvalue weighted by atomic mass is 16.6. The van der Waals surface area contributed by atoms with Gasteiger partial charge >= 0.3 is 5.97 Å². The molecular weight excluding hydrogens is 374 g/mol. The number of nitro groups is 2. The quantitative estimate of drug-likeness (QED) is 0.427. The number of carbonyl (C=O) groups excluding carboxylic acids is 2. The van der Waals surface area contributed by atoms with Gasteiger partial charge in [-0.3, -0.25) is 25.0 Å². The predicted molar refractivity (Wildman–Crippen MR) is 96.6 cm³/mol. The van der Waals surface area contributed by atoms with E-state index in [0.717, 1.165) is 32.4 Å². The summed E-state index contributed by atoms with van der Waals surface area (Å²) in [5.74, 6) is -1.65. The minimum Gasteiger partial charge on any atom is -0.467 e. The van der Waals surface area contributed by atoms with E-state index < -0.39 is 39.1 Å². The Hall–Kier alpha value is -3.86. The lowest BCUT2D eigenvalue weighted by atomic mass is 10.1. The summed E-state index contributed by atoms with van der Waals surface area (Å²) < 4.78 is 4.66. The van der Waals surface area contributed by atoms with Gasteiger partial charge < -0.3 is 15.2 Å². The average Bonchev–Trinajstić information content (AvgIpc) is 2.72. The van der Waals surface area contributed by atoms with Crippen LogP contribution in [0, 0.1) is 20.2 Å². The summed E-state index contributed by atoms with van der Waals surface area (Å²) in [6, 6.07) is 9.52. The lowest BCUT2D eigenvalue weighted by Crippen LogP contribution is -2.34. The first-order valence-corrected chi connectivity index (χ1v) is 7.65. The molecule has 2 rings (SSSR count). The molecule has 2 aromatic carbocycles. The van der Waals surface area contributed by atoms with Crippen LogP contribution >= 0.6 is 0 Å². The second kappa shape index (κ2) is 10.3. The van der Waals surface area contributed by atoms with Crippen LogP contribution in [-0.2, 0) is 9.53 Å². The third-order valence-electron chi connectivity index (χ3n) is 3.43. The van der Waals surface area contributed by atoms with Crippen LogP contribution < -0.4 is 5.32 Å². The molecule has 11 heteroatoms. The van der Waals surface area contributed by atoms with Gasteiger partial charge in [-0.25, -0.2) is 4.79 Å². The van der Waals surface area contributed by atoms with Crippen molar-refractivity contribution in [2.45, 2.75) is 6.04 Å². The lowest BCUT2D eigenvalue weighted by Gasteiger charge is -2.16. The van der Waals surface area contributed by atoms with Gasteiger partial charge in [0.1, 0.15) is 0 Å². The van der Waals surface area contributed by atoms with E-state index in [2.05, 4.69) is 10.1 Å². The largest absolute Gasteiger partial charge is 0.467 e. The molecule has 1 amide bonds. The van der Waals surface area contributed by atoms with Crippen LogP contribution in [0.3, 0.4) is 0 Å². The number of amides is 1. The summed E-state index contributed by atoms with van der Waals surface area (Å²) in [6.07, 6.45) is 0. The maximum absolute atomic E-state index is 12.4. The molecule has 1 atom stereocenters. The van der Waals surface area contributed by atoms with Crippen molar-refractivity contribution in [1.29, 1.82) is 0 Å². The number of aliphatic hydroxyl groups is 1. The van der Waals surface area contributed by atoms with E-state index in [-0.39, 0.29) is 5.56 Å². The highest BCUT2D eigenvalue weighted by Gasteiger charge is 2.26. The Labute approximate surface area is 158 Å². The molecule has 0 heterocycles. The van der Waals surface area contributed by atoms with Crippen molar-refractivity contribution in [2.24, 2.45) is 0 Å². The molecule has 0 bridgehead atoms. The molecule has 0 saturated carbocycles. The Balaban J connectivity index is 0.00000190. The number of non-ortho nitro benzene ring substituents is 2. The Morgan fingerprint density at radius 1 is 1.00 bits per heavy atom. The summed E-state index contributed by atoms with van der Waals surface area (Å²) in [5.41, 5.74) is -1.12. The first kappa shape index (κ1) is 22.2. The highest BCUT2D eigenvalue weighted by molar-refractivity contribution is 5.98. The fourth-order valence-corrected chi connectivity index (χ4v) is 2.19. The summed E-state index contributed by atoms with van der Waals surface area (Å²) in [4.78, 5) is 44.6. The van der Waals surface area contributed by atoms with Crippen LogP contribution in [0.1, 0.15) is 22.0 Å². The van der Waals surface area contributed by atoms with Crippen LogP contribution in [0.4, 0.5) is 11.4 Å². The van der Waals surface area contributed by atoms with Gasteiger partial charge in [-0.2, -0.15) is 0 Å². The molecule has 0 aliphatic heterocycles. The van der Waals surface area contributed by atoms with Gasteiger partial charge in [0, 0.05) is 19.2 Å². The standard InChI is InChI=1S/C16H13N3O7.CH4O/c1-26-16(21)14(10-5-3-2-4-6-10)17-15(20)11-7-12(18(22)23)9-13(8-11)19(24)25;1-2/h2-9,14H,1H3,(H,17,20);2H,1H3/t14-;/m1./s1. The third kappa shape index (κ3) is 5.57. The second-order valence-corrected chi connectivity index (χ2v) is 5.09. The zero-order valence-electron chi connectivity index (χ0n) is 14.9. The smallest absolute Gasteiger partial charge is 0.333 e. The normalized spacial score (nSPS) is 10.7. The van der Waals surface area contributed by atoms with Gasteiger partial charge in [-0.15, -0.1) is 0 Å². The third-order valence-corrected chi connectivity index (χ3v) is 3.43. The number of rotatable bonds is 6. The van der Waals surface area contributed by atoms with E-state index in [0.29, 0.717) is 5.56 Å². The molecule has 0 saturated heterocycles. The Bertz CT molecular complexity index is 838. The number of nitrogens with zero attached hydrogens (tertiary/aromatic N) is 2. The summed E-state index contributed by atoms with van der Waals surface area (Å²) in [5, 5.41) is 31.2. The molecule has 0 radical (unpaired) electrons. The van der Waals surface area contributed by atoms with Crippen LogP contribution in [0.15, 0.2) is 48.5 Å². The molecule has 0 spiro atoms. The SMILES string of the molecule is CO.COC(=O)[C@H](NC(=O)c1cc([N+](=O)[O-])cc([N+](=O)[O-])c1)c1ccccc1. The molecule has 0 aliphatic carbocycles. The first-order chi connectivity index (χ1) is 13.3. The van der Waals surface area contributed by atoms with E-state index >= 15 is 0 Å². The van der Waals surface area contributed by atoms with Crippen molar-refractivity contribution in [3.63, 3.8) is 0 Å². The number of ether oxygens (including phenoxy) is 1. The average molecular weight is 391 g/mol.